The van der Waals surface area contributed by atoms with Crippen LogP contribution in [0.5, 0.6) is 5.75 Å². The van der Waals surface area contributed by atoms with Gasteiger partial charge in [-0.05, 0) is 61.6 Å². The fourth-order valence-corrected chi connectivity index (χ4v) is 4.90. The molecule has 0 spiro atoms. The third-order valence-corrected chi connectivity index (χ3v) is 6.92. The quantitative estimate of drug-likeness (QED) is 0.552. The van der Waals surface area contributed by atoms with Gasteiger partial charge in [0.1, 0.15) is 5.75 Å². The minimum absolute atomic E-state index is 0.0832. The molecule has 0 bridgehead atoms. The molecule has 2 aromatic carbocycles. The van der Waals surface area contributed by atoms with Crippen LogP contribution >= 0.6 is 11.8 Å². The number of aryl methyl sites for hydroxylation is 1. The van der Waals surface area contributed by atoms with Crippen molar-refractivity contribution in [2.75, 3.05) is 37.0 Å². The Hall–Kier alpha value is -2.93. The van der Waals surface area contributed by atoms with Crippen molar-refractivity contribution in [1.82, 2.24) is 9.88 Å². The molecule has 1 fully saturated rings. The number of hydrogen-bond donors (Lipinski definition) is 2. The summed E-state index contributed by atoms with van der Waals surface area (Å²) in [5.74, 6) is 1.91. The molecule has 2 N–H and O–H groups in total. The van der Waals surface area contributed by atoms with Gasteiger partial charge in [0, 0.05) is 35.9 Å². The van der Waals surface area contributed by atoms with Gasteiger partial charge in [0.15, 0.2) is 0 Å². The van der Waals surface area contributed by atoms with Crippen molar-refractivity contribution >= 4 is 40.2 Å². The summed E-state index contributed by atoms with van der Waals surface area (Å²) in [7, 11) is 1.68. The molecule has 1 aromatic heterocycles. The molecule has 0 aliphatic carbocycles. The van der Waals surface area contributed by atoms with Crippen LogP contribution in [0.3, 0.4) is 0 Å². The number of rotatable bonds is 7. The first-order valence-corrected chi connectivity index (χ1v) is 12.1. The van der Waals surface area contributed by atoms with Crippen LogP contribution in [0.1, 0.15) is 29.9 Å². The number of carbonyl (C=O) groups is 2. The van der Waals surface area contributed by atoms with E-state index < -0.39 is 0 Å². The summed E-state index contributed by atoms with van der Waals surface area (Å²) in [5.41, 5.74) is 4.34. The number of H-pyrrole nitrogens is 1. The number of likely N-dealkylation sites (tertiary alicyclic amines) is 1. The number of piperidine rings is 1. The first-order chi connectivity index (χ1) is 15.5. The third-order valence-electron chi connectivity index (χ3n) is 6.00. The van der Waals surface area contributed by atoms with Gasteiger partial charge in [0.2, 0.25) is 11.8 Å². The first-order valence-electron chi connectivity index (χ1n) is 10.9. The summed E-state index contributed by atoms with van der Waals surface area (Å²) in [6.07, 6.45) is 3.97. The molecule has 32 heavy (non-hydrogen) atoms. The number of ether oxygens (including phenoxy) is 1. The van der Waals surface area contributed by atoms with E-state index in [0.717, 1.165) is 48.4 Å². The predicted octanol–water partition coefficient (Wildman–Crippen LogP) is 4.56. The molecule has 168 valence electrons. The number of thioether (sulfide) groups is 1. The zero-order valence-corrected chi connectivity index (χ0v) is 19.3. The van der Waals surface area contributed by atoms with Gasteiger partial charge in [0.05, 0.1) is 18.6 Å². The van der Waals surface area contributed by atoms with Crippen LogP contribution in [0.4, 0.5) is 5.69 Å². The number of carbonyl (C=O) groups excluding carboxylic acids is 2. The Bertz CT molecular complexity index is 1090. The van der Waals surface area contributed by atoms with Crippen LogP contribution in [0.2, 0.25) is 0 Å². The average molecular weight is 452 g/mol. The highest BCUT2D eigenvalue weighted by Crippen LogP contribution is 2.34. The number of aromatic amines is 1. The Morgan fingerprint density at radius 2 is 1.88 bits per heavy atom. The van der Waals surface area contributed by atoms with Gasteiger partial charge in [-0.1, -0.05) is 17.7 Å². The zero-order valence-electron chi connectivity index (χ0n) is 18.5. The van der Waals surface area contributed by atoms with Crippen LogP contribution in [0, 0.1) is 6.92 Å². The molecule has 0 radical (unpaired) electrons. The molecule has 2 amide bonds. The normalized spacial score (nSPS) is 14.5. The summed E-state index contributed by atoms with van der Waals surface area (Å²) in [5, 5.41) is 4.07. The second-order valence-corrected chi connectivity index (χ2v) is 9.20. The Morgan fingerprint density at radius 3 is 2.59 bits per heavy atom. The minimum atomic E-state index is -0.0832. The highest BCUT2D eigenvalue weighted by molar-refractivity contribution is 8.00. The van der Waals surface area contributed by atoms with Crippen molar-refractivity contribution in [3.63, 3.8) is 0 Å². The molecule has 2 heterocycles. The van der Waals surface area contributed by atoms with E-state index in [9.17, 15) is 9.59 Å². The number of methoxy groups -OCH3 is 1. The molecular formula is C25H29N3O3S. The van der Waals surface area contributed by atoms with Crippen LogP contribution in [-0.2, 0) is 9.59 Å². The van der Waals surface area contributed by atoms with E-state index in [1.165, 1.54) is 22.7 Å². The number of fused-ring (bicyclic) bond motifs is 1. The summed E-state index contributed by atoms with van der Waals surface area (Å²) in [4.78, 5) is 30.0. The second-order valence-electron chi connectivity index (χ2n) is 8.22. The fraction of sp³-hybridized carbons (Fsp3) is 0.360. The minimum Gasteiger partial charge on any atom is -0.497 e. The van der Waals surface area contributed by atoms with E-state index in [4.69, 9.17) is 4.74 Å². The van der Waals surface area contributed by atoms with Crippen molar-refractivity contribution in [1.29, 1.82) is 0 Å². The van der Waals surface area contributed by atoms with E-state index in [0.29, 0.717) is 11.7 Å². The average Bonchev–Trinajstić information content (AvgIpc) is 3.23. The van der Waals surface area contributed by atoms with Crippen molar-refractivity contribution in [3.05, 3.63) is 59.8 Å². The highest BCUT2D eigenvalue weighted by Gasteiger charge is 2.25. The monoisotopic (exact) mass is 451 g/mol. The number of nitrogens with zero attached hydrogens (tertiary/aromatic N) is 1. The van der Waals surface area contributed by atoms with Crippen LogP contribution in [0.15, 0.2) is 48.7 Å². The van der Waals surface area contributed by atoms with Gasteiger partial charge < -0.3 is 19.9 Å². The van der Waals surface area contributed by atoms with Crippen molar-refractivity contribution in [2.24, 2.45) is 0 Å². The Balaban J connectivity index is 1.23. The summed E-state index contributed by atoms with van der Waals surface area (Å²) in [6.45, 7) is 3.50. The van der Waals surface area contributed by atoms with Crippen LogP contribution < -0.4 is 10.1 Å². The first kappa shape index (κ1) is 22.3. The lowest BCUT2D eigenvalue weighted by Crippen LogP contribution is -2.39. The van der Waals surface area contributed by atoms with Gasteiger partial charge in [-0.2, -0.15) is 0 Å². The van der Waals surface area contributed by atoms with Crippen molar-refractivity contribution in [2.45, 2.75) is 25.7 Å². The van der Waals surface area contributed by atoms with Gasteiger partial charge in [0.25, 0.3) is 0 Å². The third kappa shape index (κ3) is 5.27. The smallest absolute Gasteiger partial charge is 0.234 e. The Kier molecular flexibility index (Phi) is 7.05. The van der Waals surface area contributed by atoms with E-state index in [1.807, 2.05) is 48.2 Å². The lowest BCUT2D eigenvalue weighted by Gasteiger charge is -2.32. The maximum absolute atomic E-state index is 12.6. The topological polar surface area (TPSA) is 74.4 Å². The van der Waals surface area contributed by atoms with Crippen molar-refractivity contribution < 1.29 is 14.3 Å². The standard InChI is InChI=1S/C25H29N3O3S/c1-17-3-5-19(6-4-17)27-24(29)15-32-16-25(30)28-11-9-18(10-12-28)22-14-26-23-8-7-20(31-2)13-21(22)23/h3-8,13-14,18,26H,9-12,15-16H2,1-2H3,(H,27,29). The highest BCUT2D eigenvalue weighted by atomic mass is 32.2. The molecule has 1 aliphatic rings. The Morgan fingerprint density at radius 1 is 1.12 bits per heavy atom. The fourth-order valence-electron chi connectivity index (χ4n) is 4.18. The summed E-state index contributed by atoms with van der Waals surface area (Å²) >= 11 is 1.37. The van der Waals surface area contributed by atoms with E-state index in [1.54, 1.807) is 7.11 Å². The lowest BCUT2D eigenvalue weighted by molar-refractivity contribution is -0.129. The maximum Gasteiger partial charge on any atom is 0.234 e. The largest absolute Gasteiger partial charge is 0.497 e. The Labute approximate surface area is 192 Å². The molecule has 0 saturated carbocycles. The molecule has 6 nitrogen and oxygen atoms in total. The number of nitrogens with one attached hydrogen (secondary N) is 2. The number of aromatic nitrogens is 1. The number of benzene rings is 2. The molecule has 0 unspecified atom stereocenters. The number of anilines is 1. The van der Waals surface area contributed by atoms with Gasteiger partial charge >= 0.3 is 0 Å². The van der Waals surface area contributed by atoms with E-state index in [-0.39, 0.29) is 17.6 Å². The van der Waals surface area contributed by atoms with Gasteiger partial charge in [-0.25, -0.2) is 0 Å². The SMILES string of the molecule is COc1ccc2[nH]cc(C3CCN(C(=O)CSCC(=O)Nc4ccc(C)cc4)CC3)c2c1. The zero-order chi connectivity index (χ0) is 22.5. The lowest BCUT2D eigenvalue weighted by atomic mass is 9.89. The van der Waals surface area contributed by atoms with E-state index >= 15 is 0 Å². The molecule has 4 rings (SSSR count). The molecule has 1 aliphatic heterocycles. The molecule has 3 aromatic rings. The van der Waals surface area contributed by atoms with Gasteiger partial charge in [-0.3, -0.25) is 9.59 Å². The second kappa shape index (κ2) is 10.1. The maximum atomic E-state index is 12.6. The van der Waals surface area contributed by atoms with Crippen molar-refractivity contribution in [3.8, 4) is 5.75 Å². The number of hydrogen-bond acceptors (Lipinski definition) is 4. The summed E-state index contributed by atoms with van der Waals surface area (Å²) in [6, 6.07) is 13.8. The molecular weight excluding hydrogens is 422 g/mol. The molecule has 0 atom stereocenters. The number of amides is 2. The predicted molar refractivity (Wildman–Crippen MR) is 131 cm³/mol. The van der Waals surface area contributed by atoms with E-state index in [2.05, 4.69) is 22.6 Å². The van der Waals surface area contributed by atoms with Crippen LogP contribution in [0.25, 0.3) is 10.9 Å². The van der Waals surface area contributed by atoms with Crippen LogP contribution in [-0.4, -0.2) is 53.4 Å². The molecule has 7 heteroatoms. The summed E-state index contributed by atoms with van der Waals surface area (Å²) < 4.78 is 5.38. The molecule has 1 saturated heterocycles. The van der Waals surface area contributed by atoms with Gasteiger partial charge in [-0.15, -0.1) is 11.8 Å².